The van der Waals surface area contributed by atoms with E-state index in [9.17, 15) is 4.39 Å². The van der Waals surface area contributed by atoms with Gasteiger partial charge >= 0.3 is 0 Å². The molecule has 106 valence electrons. The fourth-order valence-corrected chi connectivity index (χ4v) is 3.51. The molecule has 0 amide bonds. The van der Waals surface area contributed by atoms with E-state index in [1.165, 1.54) is 17.9 Å². The summed E-state index contributed by atoms with van der Waals surface area (Å²) < 4.78 is 13.6. The molecule has 0 aliphatic heterocycles. The number of nitrogens with one attached hydrogen (secondary N) is 1. The minimum atomic E-state index is -0.0432. The zero-order valence-corrected chi connectivity index (χ0v) is 12.7. The van der Waals surface area contributed by atoms with Crippen molar-refractivity contribution in [2.75, 3.05) is 11.5 Å². The van der Waals surface area contributed by atoms with Crippen LogP contribution in [-0.2, 0) is 0 Å². The monoisotopic (exact) mass is 281 g/mol. The average Bonchev–Trinajstić information content (AvgIpc) is 2.35. The number of hydrogen-bond acceptors (Lipinski definition) is 2. The van der Waals surface area contributed by atoms with Gasteiger partial charge in [0.15, 0.2) is 0 Å². The number of benzene rings is 1. The van der Waals surface area contributed by atoms with E-state index in [1.807, 2.05) is 23.9 Å². The summed E-state index contributed by atoms with van der Waals surface area (Å²) in [6.45, 7) is 4.46. The third-order valence-electron chi connectivity index (χ3n) is 3.90. The van der Waals surface area contributed by atoms with Crippen LogP contribution in [-0.4, -0.2) is 23.6 Å². The fourth-order valence-electron chi connectivity index (χ4n) is 2.70. The average molecular weight is 281 g/mol. The molecule has 19 heavy (non-hydrogen) atoms. The number of thioether (sulfide) groups is 1. The van der Waals surface area contributed by atoms with Gasteiger partial charge in [-0.15, -0.1) is 0 Å². The van der Waals surface area contributed by atoms with Gasteiger partial charge in [0.25, 0.3) is 0 Å². The predicted molar refractivity (Wildman–Crippen MR) is 82.4 cm³/mol. The van der Waals surface area contributed by atoms with Gasteiger partial charge < -0.3 is 5.32 Å². The van der Waals surface area contributed by atoms with Crippen LogP contribution < -0.4 is 5.32 Å². The van der Waals surface area contributed by atoms with Gasteiger partial charge in [0.2, 0.25) is 0 Å². The lowest BCUT2D eigenvalue weighted by Crippen LogP contribution is -2.44. The lowest BCUT2D eigenvalue weighted by Gasteiger charge is -2.38. The molecule has 0 heterocycles. The molecule has 1 aromatic rings. The van der Waals surface area contributed by atoms with Crippen molar-refractivity contribution >= 4 is 11.8 Å². The zero-order valence-electron chi connectivity index (χ0n) is 11.9. The molecule has 0 spiro atoms. The molecule has 2 rings (SSSR count). The van der Waals surface area contributed by atoms with Gasteiger partial charge in [-0.1, -0.05) is 25.1 Å². The first-order valence-corrected chi connectivity index (χ1v) is 8.44. The second-order valence-electron chi connectivity index (χ2n) is 5.44. The molecule has 1 nitrogen and oxygen atoms in total. The van der Waals surface area contributed by atoms with E-state index in [0.29, 0.717) is 18.0 Å². The van der Waals surface area contributed by atoms with E-state index >= 15 is 0 Å². The SMILES string of the molecule is CCSCCC(C)NC1CC(c2ccccc2F)C1. The molecule has 1 fully saturated rings. The minimum absolute atomic E-state index is 0.0432. The van der Waals surface area contributed by atoms with Crippen LogP contribution in [0, 0.1) is 5.82 Å². The Morgan fingerprint density at radius 1 is 1.37 bits per heavy atom. The van der Waals surface area contributed by atoms with Crippen LogP contribution in [0.25, 0.3) is 0 Å². The van der Waals surface area contributed by atoms with E-state index in [4.69, 9.17) is 0 Å². The molecule has 1 atom stereocenters. The lowest BCUT2D eigenvalue weighted by atomic mass is 9.75. The fraction of sp³-hybridized carbons (Fsp3) is 0.625. The van der Waals surface area contributed by atoms with E-state index in [2.05, 4.69) is 19.2 Å². The van der Waals surface area contributed by atoms with Gasteiger partial charge in [-0.2, -0.15) is 11.8 Å². The van der Waals surface area contributed by atoms with Crippen molar-refractivity contribution in [3.8, 4) is 0 Å². The zero-order chi connectivity index (χ0) is 13.7. The molecular formula is C16H24FNS. The van der Waals surface area contributed by atoms with E-state index in [1.54, 1.807) is 12.1 Å². The number of halogens is 1. The van der Waals surface area contributed by atoms with Gasteiger partial charge in [-0.05, 0) is 55.2 Å². The van der Waals surface area contributed by atoms with Crippen LogP contribution in [0.2, 0.25) is 0 Å². The topological polar surface area (TPSA) is 12.0 Å². The van der Waals surface area contributed by atoms with Crippen LogP contribution in [0.15, 0.2) is 24.3 Å². The van der Waals surface area contributed by atoms with Crippen molar-refractivity contribution in [3.05, 3.63) is 35.6 Å². The number of rotatable bonds is 7. The third-order valence-corrected chi connectivity index (χ3v) is 4.84. The Morgan fingerprint density at radius 3 is 2.79 bits per heavy atom. The van der Waals surface area contributed by atoms with Crippen molar-refractivity contribution in [3.63, 3.8) is 0 Å². The molecule has 0 saturated heterocycles. The standard InChI is InChI=1S/C16H24FNS/c1-3-19-9-8-12(2)18-14-10-13(11-14)15-6-4-5-7-16(15)17/h4-7,12-14,18H,3,8-11H2,1-2H3. The quantitative estimate of drug-likeness (QED) is 0.752. The maximum atomic E-state index is 13.6. The molecule has 1 aliphatic rings. The van der Waals surface area contributed by atoms with Crippen LogP contribution in [0.1, 0.15) is 44.6 Å². The van der Waals surface area contributed by atoms with Crippen molar-refractivity contribution in [2.45, 2.75) is 51.1 Å². The van der Waals surface area contributed by atoms with Crippen LogP contribution >= 0.6 is 11.8 Å². The highest BCUT2D eigenvalue weighted by molar-refractivity contribution is 7.99. The highest BCUT2D eigenvalue weighted by Crippen LogP contribution is 2.38. The Bertz CT molecular complexity index is 390. The summed E-state index contributed by atoms with van der Waals surface area (Å²) >= 11 is 2.00. The second kappa shape index (κ2) is 7.30. The highest BCUT2D eigenvalue weighted by Gasteiger charge is 2.32. The summed E-state index contributed by atoms with van der Waals surface area (Å²) in [7, 11) is 0. The molecule has 1 aromatic carbocycles. The normalized spacial score (nSPS) is 23.9. The van der Waals surface area contributed by atoms with Crippen molar-refractivity contribution in [1.29, 1.82) is 0 Å². The van der Waals surface area contributed by atoms with Crippen molar-refractivity contribution in [2.24, 2.45) is 0 Å². The molecule has 1 unspecified atom stereocenters. The van der Waals surface area contributed by atoms with Crippen LogP contribution in [0.3, 0.4) is 0 Å². The predicted octanol–water partition coefficient (Wildman–Crippen LogP) is 4.19. The summed E-state index contributed by atoms with van der Waals surface area (Å²) in [4.78, 5) is 0. The van der Waals surface area contributed by atoms with Crippen LogP contribution in [0.4, 0.5) is 4.39 Å². The third kappa shape index (κ3) is 4.22. The summed E-state index contributed by atoms with van der Waals surface area (Å²) in [5.74, 6) is 2.80. The Hall–Kier alpha value is -0.540. The molecule has 1 aliphatic carbocycles. The Balaban J connectivity index is 1.70. The van der Waals surface area contributed by atoms with E-state index in [0.717, 1.165) is 18.4 Å². The molecule has 0 aromatic heterocycles. The molecule has 3 heteroatoms. The minimum Gasteiger partial charge on any atom is -0.311 e. The Labute approximate surface area is 120 Å². The van der Waals surface area contributed by atoms with Gasteiger partial charge in [0.1, 0.15) is 5.82 Å². The highest BCUT2D eigenvalue weighted by atomic mass is 32.2. The molecule has 1 saturated carbocycles. The Morgan fingerprint density at radius 2 is 2.11 bits per heavy atom. The first-order valence-electron chi connectivity index (χ1n) is 7.29. The van der Waals surface area contributed by atoms with Crippen molar-refractivity contribution in [1.82, 2.24) is 5.32 Å². The summed E-state index contributed by atoms with van der Waals surface area (Å²) in [6, 6.07) is 8.35. The Kier molecular flexibility index (Phi) is 5.71. The largest absolute Gasteiger partial charge is 0.311 e. The van der Waals surface area contributed by atoms with Crippen molar-refractivity contribution < 1.29 is 4.39 Å². The van der Waals surface area contributed by atoms with Gasteiger partial charge in [0, 0.05) is 12.1 Å². The second-order valence-corrected chi connectivity index (χ2v) is 6.83. The molecule has 0 radical (unpaired) electrons. The first kappa shape index (κ1) is 14.9. The number of hydrogen-bond donors (Lipinski definition) is 1. The summed E-state index contributed by atoms with van der Waals surface area (Å²) in [5.41, 5.74) is 0.898. The van der Waals surface area contributed by atoms with Gasteiger partial charge in [0.05, 0.1) is 0 Å². The van der Waals surface area contributed by atoms with Gasteiger partial charge in [-0.25, -0.2) is 4.39 Å². The smallest absolute Gasteiger partial charge is 0.126 e. The van der Waals surface area contributed by atoms with Gasteiger partial charge in [-0.3, -0.25) is 0 Å². The summed E-state index contributed by atoms with van der Waals surface area (Å²) in [6.07, 6.45) is 3.37. The van der Waals surface area contributed by atoms with E-state index in [-0.39, 0.29) is 5.82 Å². The van der Waals surface area contributed by atoms with E-state index < -0.39 is 0 Å². The van der Waals surface area contributed by atoms with Crippen LogP contribution in [0.5, 0.6) is 0 Å². The molecule has 0 bridgehead atoms. The first-order chi connectivity index (χ1) is 9.20. The lowest BCUT2D eigenvalue weighted by molar-refractivity contribution is 0.263. The molecular weight excluding hydrogens is 257 g/mol. The summed E-state index contributed by atoms with van der Waals surface area (Å²) in [5, 5.41) is 3.66. The molecule has 1 N–H and O–H groups in total. The maximum Gasteiger partial charge on any atom is 0.126 e. The maximum absolute atomic E-state index is 13.6.